The minimum atomic E-state index is -0.603. The monoisotopic (exact) mass is 182 g/mol. The molecule has 0 aromatic rings. The van der Waals surface area contributed by atoms with Gasteiger partial charge in [0.15, 0.2) is 0 Å². The molecular formula is C10H14O3. The van der Waals surface area contributed by atoms with Crippen LogP contribution in [0.25, 0.3) is 0 Å². The van der Waals surface area contributed by atoms with Crippen LogP contribution in [-0.4, -0.2) is 23.3 Å². The predicted molar refractivity (Wildman–Crippen MR) is 45.2 cm³/mol. The molecule has 72 valence electrons. The van der Waals surface area contributed by atoms with Gasteiger partial charge in [-0.25, -0.2) is 0 Å². The third-order valence-corrected chi connectivity index (χ3v) is 4.05. The largest absolute Gasteiger partial charge is 0.481 e. The Morgan fingerprint density at radius 1 is 1.15 bits per heavy atom. The summed E-state index contributed by atoms with van der Waals surface area (Å²) in [6.45, 7) is 0. The van der Waals surface area contributed by atoms with Crippen LogP contribution in [0.5, 0.6) is 0 Å². The van der Waals surface area contributed by atoms with E-state index in [0.29, 0.717) is 24.0 Å². The molecule has 0 radical (unpaired) electrons. The van der Waals surface area contributed by atoms with E-state index in [9.17, 15) is 4.79 Å². The molecule has 0 aromatic carbocycles. The molecule has 3 fully saturated rings. The molecule has 1 aliphatic carbocycles. The van der Waals surface area contributed by atoms with Crippen molar-refractivity contribution in [3.8, 4) is 0 Å². The molecule has 3 aliphatic rings. The highest BCUT2D eigenvalue weighted by Crippen LogP contribution is 2.53. The van der Waals surface area contributed by atoms with Crippen LogP contribution in [0.1, 0.15) is 25.7 Å². The van der Waals surface area contributed by atoms with Crippen molar-refractivity contribution in [2.24, 2.45) is 17.8 Å². The number of rotatable bonds is 1. The van der Waals surface area contributed by atoms with E-state index < -0.39 is 5.97 Å². The summed E-state index contributed by atoms with van der Waals surface area (Å²) in [6, 6.07) is 0. The summed E-state index contributed by atoms with van der Waals surface area (Å²) in [5.41, 5.74) is 0. The topological polar surface area (TPSA) is 46.5 Å². The van der Waals surface area contributed by atoms with E-state index in [4.69, 9.17) is 9.84 Å². The second-order valence-electron chi connectivity index (χ2n) is 4.62. The number of carbonyl (C=O) groups is 1. The maximum absolute atomic E-state index is 10.8. The van der Waals surface area contributed by atoms with E-state index in [2.05, 4.69) is 0 Å². The van der Waals surface area contributed by atoms with Gasteiger partial charge in [-0.15, -0.1) is 0 Å². The Balaban J connectivity index is 1.79. The van der Waals surface area contributed by atoms with Crippen molar-refractivity contribution in [1.82, 2.24) is 0 Å². The zero-order valence-corrected chi connectivity index (χ0v) is 7.48. The Hall–Kier alpha value is -0.570. The van der Waals surface area contributed by atoms with Crippen molar-refractivity contribution in [2.45, 2.75) is 37.9 Å². The van der Waals surface area contributed by atoms with Crippen molar-refractivity contribution in [3.63, 3.8) is 0 Å². The number of hydrogen-bond donors (Lipinski definition) is 1. The van der Waals surface area contributed by atoms with Crippen LogP contribution in [0.3, 0.4) is 0 Å². The first kappa shape index (κ1) is 7.80. The summed E-state index contributed by atoms with van der Waals surface area (Å²) < 4.78 is 5.77. The van der Waals surface area contributed by atoms with Crippen LogP contribution in [0.15, 0.2) is 0 Å². The van der Waals surface area contributed by atoms with E-state index in [1.165, 1.54) is 0 Å². The fraction of sp³-hybridized carbons (Fsp3) is 0.900. The standard InChI is InChI=1S/C10H14O3/c11-10(12)5-3-6-7(4-5)9-2-1-8(6)13-9/h5-9H,1-4H2,(H,11,12). The maximum atomic E-state index is 10.8. The first-order valence-corrected chi connectivity index (χ1v) is 5.14. The van der Waals surface area contributed by atoms with Gasteiger partial charge < -0.3 is 9.84 Å². The van der Waals surface area contributed by atoms with Gasteiger partial charge in [0.2, 0.25) is 0 Å². The Morgan fingerprint density at radius 2 is 1.69 bits per heavy atom. The summed E-state index contributed by atoms with van der Waals surface area (Å²) >= 11 is 0. The molecule has 3 rings (SSSR count). The molecule has 0 aromatic heterocycles. The Morgan fingerprint density at radius 3 is 2.15 bits per heavy atom. The van der Waals surface area contributed by atoms with Crippen molar-refractivity contribution >= 4 is 5.97 Å². The van der Waals surface area contributed by atoms with E-state index in [-0.39, 0.29) is 5.92 Å². The molecule has 1 saturated carbocycles. The highest BCUT2D eigenvalue weighted by molar-refractivity contribution is 5.70. The summed E-state index contributed by atoms with van der Waals surface area (Å²) in [5, 5.41) is 8.92. The fourth-order valence-corrected chi connectivity index (χ4v) is 3.48. The van der Waals surface area contributed by atoms with Gasteiger partial charge in [-0.2, -0.15) is 0 Å². The smallest absolute Gasteiger partial charge is 0.306 e. The Labute approximate surface area is 77.1 Å². The zero-order chi connectivity index (χ0) is 9.00. The number of fused-ring (bicyclic) bond motifs is 5. The number of ether oxygens (including phenoxy) is 1. The SMILES string of the molecule is O=C(O)C1CC2C3CCC(O3)C2C1. The molecule has 4 atom stereocenters. The summed E-state index contributed by atoms with van der Waals surface area (Å²) in [4.78, 5) is 10.8. The van der Waals surface area contributed by atoms with Crippen LogP contribution in [0.2, 0.25) is 0 Å². The zero-order valence-electron chi connectivity index (χ0n) is 7.48. The van der Waals surface area contributed by atoms with Gasteiger partial charge in [0, 0.05) is 0 Å². The van der Waals surface area contributed by atoms with Crippen LogP contribution in [0, 0.1) is 17.8 Å². The second-order valence-corrected chi connectivity index (χ2v) is 4.62. The van der Waals surface area contributed by atoms with Crippen LogP contribution >= 0.6 is 0 Å². The number of aliphatic carboxylic acids is 1. The van der Waals surface area contributed by atoms with E-state index in [1.807, 2.05) is 0 Å². The molecular weight excluding hydrogens is 168 g/mol. The quantitative estimate of drug-likeness (QED) is 0.664. The molecule has 13 heavy (non-hydrogen) atoms. The van der Waals surface area contributed by atoms with Gasteiger partial charge in [0.1, 0.15) is 0 Å². The van der Waals surface area contributed by atoms with E-state index in [0.717, 1.165) is 25.7 Å². The van der Waals surface area contributed by atoms with Crippen molar-refractivity contribution in [1.29, 1.82) is 0 Å². The summed E-state index contributed by atoms with van der Waals surface area (Å²) in [7, 11) is 0. The van der Waals surface area contributed by atoms with Crippen molar-refractivity contribution in [2.75, 3.05) is 0 Å². The summed E-state index contributed by atoms with van der Waals surface area (Å²) in [6.07, 6.45) is 4.86. The molecule has 2 saturated heterocycles. The molecule has 3 nitrogen and oxygen atoms in total. The molecule has 2 aliphatic heterocycles. The Bertz CT molecular complexity index is 233. The Kier molecular flexibility index (Phi) is 1.48. The second kappa shape index (κ2) is 2.47. The predicted octanol–water partition coefficient (Wildman–Crippen LogP) is 1.27. The number of hydrogen-bond acceptors (Lipinski definition) is 2. The minimum absolute atomic E-state index is 0.0815. The lowest BCUT2D eigenvalue weighted by molar-refractivity contribution is -0.141. The van der Waals surface area contributed by atoms with Crippen LogP contribution < -0.4 is 0 Å². The number of carboxylic acids is 1. The van der Waals surface area contributed by atoms with Gasteiger partial charge in [-0.3, -0.25) is 4.79 Å². The normalized spacial score (nSPS) is 52.5. The van der Waals surface area contributed by atoms with Gasteiger partial charge in [0.05, 0.1) is 18.1 Å². The molecule has 0 amide bonds. The minimum Gasteiger partial charge on any atom is -0.481 e. The summed E-state index contributed by atoms with van der Waals surface area (Å²) in [5.74, 6) is 0.454. The van der Waals surface area contributed by atoms with Gasteiger partial charge >= 0.3 is 5.97 Å². The highest BCUT2D eigenvalue weighted by atomic mass is 16.5. The van der Waals surface area contributed by atoms with E-state index >= 15 is 0 Å². The molecule has 2 heterocycles. The average molecular weight is 182 g/mol. The number of carboxylic acid groups (broad SMARTS) is 1. The highest BCUT2D eigenvalue weighted by Gasteiger charge is 2.54. The molecule has 2 bridgehead atoms. The molecule has 4 unspecified atom stereocenters. The van der Waals surface area contributed by atoms with Crippen molar-refractivity contribution < 1.29 is 14.6 Å². The molecule has 1 N–H and O–H groups in total. The van der Waals surface area contributed by atoms with Crippen LogP contribution in [-0.2, 0) is 9.53 Å². The van der Waals surface area contributed by atoms with E-state index in [1.54, 1.807) is 0 Å². The first-order valence-electron chi connectivity index (χ1n) is 5.14. The lowest BCUT2D eigenvalue weighted by Gasteiger charge is -2.19. The lowest BCUT2D eigenvalue weighted by Crippen LogP contribution is -2.21. The van der Waals surface area contributed by atoms with Gasteiger partial charge in [-0.05, 0) is 37.5 Å². The lowest BCUT2D eigenvalue weighted by atomic mass is 9.82. The van der Waals surface area contributed by atoms with Crippen LogP contribution in [0.4, 0.5) is 0 Å². The average Bonchev–Trinajstić information content (AvgIpc) is 2.76. The fourth-order valence-electron chi connectivity index (χ4n) is 3.48. The maximum Gasteiger partial charge on any atom is 0.306 e. The first-order chi connectivity index (χ1) is 6.25. The third-order valence-electron chi connectivity index (χ3n) is 4.05. The van der Waals surface area contributed by atoms with Gasteiger partial charge in [-0.1, -0.05) is 0 Å². The third kappa shape index (κ3) is 0.966. The van der Waals surface area contributed by atoms with Gasteiger partial charge in [0.25, 0.3) is 0 Å². The molecule has 3 heteroatoms. The van der Waals surface area contributed by atoms with Crippen molar-refractivity contribution in [3.05, 3.63) is 0 Å². The molecule has 0 spiro atoms.